The van der Waals surface area contributed by atoms with Crippen molar-refractivity contribution in [2.45, 2.75) is 42.5 Å². The van der Waals surface area contributed by atoms with E-state index in [1.807, 2.05) is 0 Å². The summed E-state index contributed by atoms with van der Waals surface area (Å²) < 4.78 is 146. The number of aryl methyl sites for hydroxylation is 1. The zero-order valence-electron chi connectivity index (χ0n) is 15.3. The van der Waals surface area contributed by atoms with Crippen molar-refractivity contribution in [3.05, 3.63) is 35.9 Å². The van der Waals surface area contributed by atoms with Gasteiger partial charge in [-0.2, -0.15) is 47.9 Å². The van der Waals surface area contributed by atoms with Gasteiger partial charge >= 0.3 is 33.4 Å². The monoisotopic (exact) mass is 506 g/mol. The van der Waals surface area contributed by atoms with Crippen molar-refractivity contribution in [2.24, 2.45) is 0 Å². The van der Waals surface area contributed by atoms with Crippen molar-refractivity contribution in [2.75, 3.05) is 11.5 Å². The Labute approximate surface area is 172 Å². The Morgan fingerprint density at radius 2 is 1.45 bits per heavy atom. The summed E-state index contributed by atoms with van der Waals surface area (Å²) >= 11 is 0. The van der Waals surface area contributed by atoms with Crippen LogP contribution in [-0.4, -0.2) is 48.3 Å². The van der Waals surface area contributed by atoms with Crippen molar-refractivity contribution >= 4 is 25.5 Å². The molecule has 15 heteroatoms. The van der Waals surface area contributed by atoms with Crippen molar-refractivity contribution in [3.63, 3.8) is 0 Å². The first-order chi connectivity index (χ1) is 13.9. The predicted molar refractivity (Wildman–Crippen MR) is 92.6 cm³/mol. The molecule has 31 heavy (non-hydrogen) atoms. The van der Waals surface area contributed by atoms with Gasteiger partial charge in [0, 0.05) is 17.9 Å². The molecule has 0 aromatic heterocycles. The van der Waals surface area contributed by atoms with E-state index in [1.54, 1.807) is 18.2 Å². The minimum atomic E-state index is -7.40. The van der Waals surface area contributed by atoms with E-state index in [9.17, 15) is 52.7 Å². The lowest BCUT2D eigenvalue weighted by Gasteiger charge is -2.37. The molecule has 1 aliphatic heterocycles. The van der Waals surface area contributed by atoms with Crippen LogP contribution < -0.4 is 0 Å². The van der Waals surface area contributed by atoms with E-state index in [2.05, 4.69) is 3.63 Å². The summed E-state index contributed by atoms with van der Waals surface area (Å²) in [6.07, 6.45) is -7.70. The van der Waals surface area contributed by atoms with Crippen LogP contribution in [0, 0.1) is 0 Å². The number of carbonyl (C=O) groups excluding carboxylic acids is 1. The van der Waals surface area contributed by atoms with E-state index < -0.39 is 60.3 Å². The van der Waals surface area contributed by atoms with Crippen LogP contribution in [0.1, 0.15) is 18.4 Å². The molecule has 1 fully saturated rings. The van der Waals surface area contributed by atoms with Gasteiger partial charge in [-0.15, -0.1) is 0 Å². The van der Waals surface area contributed by atoms with Crippen LogP contribution in [0.2, 0.25) is 0 Å². The molecule has 0 saturated carbocycles. The number of alkyl halides is 9. The second kappa shape index (κ2) is 8.14. The average Bonchev–Trinajstić information content (AvgIpc) is 2.99. The summed E-state index contributed by atoms with van der Waals surface area (Å²) in [5.41, 5.74) is 0.496. The number of halogens is 9. The summed E-state index contributed by atoms with van der Waals surface area (Å²) in [4.78, 5) is 12.2. The fraction of sp³-hybridized carbons (Fsp3) is 0.562. The molecule has 1 unspecified atom stereocenters. The lowest BCUT2D eigenvalue weighted by Crippen LogP contribution is -2.63. The minimum Gasteiger partial charge on any atom is -0.287 e. The molecule has 0 bridgehead atoms. The summed E-state index contributed by atoms with van der Waals surface area (Å²) in [7, 11) is -10.8. The Hall–Kier alpha value is -1.48. The van der Waals surface area contributed by atoms with Gasteiger partial charge in [0.05, 0.1) is 0 Å². The fourth-order valence-corrected chi connectivity index (χ4v) is 8.09. The lowest BCUT2D eigenvalue weighted by molar-refractivity contribution is -0.382. The molecule has 0 N–H and O–H groups in total. The van der Waals surface area contributed by atoms with E-state index in [4.69, 9.17) is 0 Å². The summed E-state index contributed by atoms with van der Waals surface area (Å²) in [6, 6.07) is 7.76. The number of carbonyl (C=O) groups is 1. The molecule has 0 spiro atoms. The Morgan fingerprint density at radius 3 is 1.90 bits per heavy atom. The first-order valence-corrected chi connectivity index (χ1v) is 11.7. The van der Waals surface area contributed by atoms with E-state index in [-0.39, 0.29) is 19.3 Å². The maximum Gasteiger partial charge on any atom is 0.460 e. The highest BCUT2D eigenvalue weighted by molar-refractivity contribution is 8.44. The van der Waals surface area contributed by atoms with Crippen LogP contribution >= 0.6 is 10.3 Å². The molecule has 1 aromatic rings. The van der Waals surface area contributed by atoms with Crippen molar-refractivity contribution in [1.29, 1.82) is 0 Å². The van der Waals surface area contributed by atoms with Crippen LogP contribution in [0.4, 0.5) is 39.5 Å². The number of benzene rings is 1. The highest BCUT2D eigenvalue weighted by Crippen LogP contribution is 2.61. The molecule has 0 aliphatic carbocycles. The van der Waals surface area contributed by atoms with Crippen molar-refractivity contribution in [1.82, 2.24) is 0 Å². The number of rotatable bonds is 8. The fourth-order valence-electron chi connectivity index (χ4n) is 2.73. The Kier molecular flexibility index (Phi) is 6.77. The minimum absolute atomic E-state index is 0.0564. The Balaban J connectivity index is 2.40. The zero-order valence-corrected chi connectivity index (χ0v) is 16.9. The third kappa shape index (κ3) is 4.40. The maximum atomic E-state index is 14.0. The summed E-state index contributed by atoms with van der Waals surface area (Å²) in [5.74, 6) is -15.8. The van der Waals surface area contributed by atoms with Gasteiger partial charge in [0.15, 0.2) is 5.12 Å². The number of hydrogen-bond acceptors (Lipinski definition) is 4. The van der Waals surface area contributed by atoms with Gasteiger partial charge in [-0.3, -0.25) is 4.79 Å². The molecule has 0 amide bonds. The Morgan fingerprint density at radius 1 is 0.903 bits per heavy atom. The van der Waals surface area contributed by atoms with Crippen molar-refractivity contribution in [3.8, 4) is 0 Å². The highest BCUT2D eigenvalue weighted by atomic mass is 32.3. The molecule has 0 radical (unpaired) electrons. The van der Waals surface area contributed by atoms with Gasteiger partial charge in [0.2, 0.25) is 0 Å². The summed E-state index contributed by atoms with van der Waals surface area (Å²) in [5, 5.41) is -7.97. The third-order valence-electron chi connectivity index (χ3n) is 4.48. The van der Waals surface area contributed by atoms with E-state index >= 15 is 0 Å². The topological polar surface area (TPSA) is 60.4 Å². The lowest BCUT2D eigenvalue weighted by atomic mass is 10.1. The van der Waals surface area contributed by atoms with Crippen LogP contribution in [0.5, 0.6) is 0 Å². The molecule has 178 valence electrons. The molecule has 2 rings (SSSR count). The Bertz CT molecular complexity index is 917. The maximum absolute atomic E-state index is 14.0. The normalized spacial score (nSPS) is 23.6. The largest absolute Gasteiger partial charge is 0.460 e. The summed E-state index contributed by atoms with van der Waals surface area (Å²) in [6.45, 7) is 0. The standard InChI is InChI=1S/C16H15F9O4S2/c17-13(18,15(21,22)23)14(19,20)16(24,25)31(27,28)29-30(9-4-7-12(30)26)10-8-11-5-2-1-3-6-11/h1-3,5-6H,4,7-10H2. The predicted octanol–water partition coefficient (Wildman–Crippen LogP) is 5.04. The van der Waals surface area contributed by atoms with Gasteiger partial charge in [-0.25, -0.2) is 3.63 Å². The smallest absolute Gasteiger partial charge is 0.287 e. The molecule has 1 heterocycles. The van der Waals surface area contributed by atoms with Gasteiger partial charge in [-0.1, -0.05) is 40.6 Å². The molecular weight excluding hydrogens is 491 g/mol. The van der Waals surface area contributed by atoms with Crippen molar-refractivity contribution < 1.29 is 56.4 Å². The molecule has 1 atom stereocenters. The SMILES string of the molecule is O=C1CCCS1(CCc1ccccc1)OS(=O)(=O)C(F)(F)C(F)(F)C(F)(F)C(F)(F)F. The first kappa shape index (κ1) is 25.8. The molecule has 1 saturated heterocycles. The van der Waals surface area contributed by atoms with E-state index in [0.29, 0.717) is 5.56 Å². The third-order valence-corrected chi connectivity index (χ3v) is 9.97. The second-order valence-corrected chi connectivity index (χ2v) is 11.5. The van der Waals surface area contributed by atoms with Gasteiger partial charge in [0.25, 0.3) is 0 Å². The molecule has 1 aromatic carbocycles. The van der Waals surface area contributed by atoms with E-state index in [1.165, 1.54) is 12.1 Å². The zero-order chi connectivity index (χ0) is 23.9. The first-order valence-electron chi connectivity index (χ1n) is 8.43. The van der Waals surface area contributed by atoms with Crippen LogP contribution in [0.3, 0.4) is 0 Å². The molecular formula is C16H15F9O4S2. The molecule has 4 nitrogen and oxygen atoms in total. The quantitative estimate of drug-likeness (QED) is 0.464. The van der Waals surface area contributed by atoms with Gasteiger partial charge < -0.3 is 0 Å². The van der Waals surface area contributed by atoms with Crippen LogP contribution in [0.15, 0.2) is 30.3 Å². The second-order valence-electron chi connectivity index (χ2n) is 6.62. The van der Waals surface area contributed by atoms with Crippen LogP contribution in [0.25, 0.3) is 0 Å². The highest BCUT2D eigenvalue weighted by Gasteiger charge is 2.86. The van der Waals surface area contributed by atoms with Gasteiger partial charge in [-0.05, 0) is 18.4 Å². The number of hydrogen-bond donors (Lipinski definition) is 0. The molecule has 1 aliphatic rings. The van der Waals surface area contributed by atoms with Crippen LogP contribution in [-0.2, 0) is 25.0 Å². The average molecular weight is 506 g/mol. The van der Waals surface area contributed by atoms with Gasteiger partial charge in [0.1, 0.15) is 0 Å². The van der Waals surface area contributed by atoms with E-state index in [0.717, 1.165) is 0 Å².